The van der Waals surface area contributed by atoms with Crippen LogP contribution in [-0.2, 0) is 14.3 Å². The quantitative estimate of drug-likeness (QED) is 0.559. The highest BCUT2D eigenvalue weighted by molar-refractivity contribution is 6.00. The van der Waals surface area contributed by atoms with Gasteiger partial charge in [-0.1, -0.05) is 0 Å². The van der Waals surface area contributed by atoms with Crippen molar-refractivity contribution in [2.45, 2.75) is 32.5 Å². The van der Waals surface area contributed by atoms with Crippen molar-refractivity contribution in [3.63, 3.8) is 0 Å². The van der Waals surface area contributed by atoms with E-state index in [9.17, 15) is 4.79 Å². The molecular formula is C11H17NO3. The van der Waals surface area contributed by atoms with E-state index in [0.717, 1.165) is 30.6 Å². The lowest BCUT2D eigenvalue weighted by Crippen LogP contribution is -2.42. The molecule has 2 saturated heterocycles. The molecule has 4 heteroatoms. The monoisotopic (exact) mass is 211 g/mol. The molecule has 1 N–H and O–H groups in total. The Labute approximate surface area is 89.6 Å². The van der Waals surface area contributed by atoms with Gasteiger partial charge in [0.25, 0.3) is 0 Å². The molecule has 2 aliphatic heterocycles. The van der Waals surface area contributed by atoms with Gasteiger partial charge in [-0.05, 0) is 31.8 Å². The molecule has 4 nitrogen and oxygen atoms in total. The molecule has 0 saturated carbocycles. The second kappa shape index (κ2) is 4.77. The molecule has 0 radical (unpaired) electrons. The second-order valence-corrected chi connectivity index (χ2v) is 4.05. The van der Waals surface area contributed by atoms with Crippen molar-refractivity contribution in [3.05, 3.63) is 11.1 Å². The van der Waals surface area contributed by atoms with Crippen molar-refractivity contribution in [2.75, 3.05) is 19.8 Å². The third-order valence-corrected chi connectivity index (χ3v) is 2.84. The minimum atomic E-state index is -0.0718. The first kappa shape index (κ1) is 10.6. The highest BCUT2D eigenvalue weighted by atomic mass is 16.7. The third kappa shape index (κ3) is 2.58. The SMILES string of the molecule is CC(COC1CCCCO1)=C1CNC1=O. The summed E-state index contributed by atoms with van der Waals surface area (Å²) in [7, 11) is 0. The molecule has 2 fully saturated rings. The van der Waals surface area contributed by atoms with Gasteiger partial charge in [0.05, 0.1) is 6.61 Å². The summed E-state index contributed by atoms with van der Waals surface area (Å²) in [6.45, 7) is 3.92. The lowest BCUT2D eigenvalue weighted by molar-refractivity contribution is -0.157. The van der Waals surface area contributed by atoms with Gasteiger partial charge in [0.1, 0.15) is 0 Å². The van der Waals surface area contributed by atoms with Gasteiger partial charge >= 0.3 is 0 Å². The number of nitrogens with one attached hydrogen (secondary N) is 1. The summed E-state index contributed by atoms with van der Waals surface area (Å²) in [6.07, 6.45) is 3.19. The van der Waals surface area contributed by atoms with Crippen LogP contribution in [0.2, 0.25) is 0 Å². The van der Waals surface area contributed by atoms with Crippen LogP contribution in [0.4, 0.5) is 0 Å². The fourth-order valence-corrected chi connectivity index (χ4v) is 1.74. The summed E-state index contributed by atoms with van der Waals surface area (Å²) in [5.41, 5.74) is 1.89. The van der Waals surface area contributed by atoms with E-state index >= 15 is 0 Å². The lowest BCUT2D eigenvalue weighted by atomic mass is 10.0. The maximum atomic E-state index is 11.1. The molecule has 15 heavy (non-hydrogen) atoms. The van der Waals surface area contributed by atoms with Gasteiger partial charge in [-0.3, -0.25) is 4.79 Å². The maximum absolute atomic E-state index is 11.1. The number of hydrogen-bond donors (Lipinski definition) is 1. The summed E-state index contributed by atoms with van der Waals surface area (Å²) < 4.78 is 11.0. The largest absolute Gasteiger partial charge is 0.353 e. The van der Waals surface area contributed by atoms with Crippen LogP contribution in [0.25, 0.3) is 0 Å². The highest BCUT2D eigenvalue weighted by Gasteiger charge is 2.22. The van der Waals surface area contributed by atoms with E-state index in [1.54, 1.807) is 0 Å². The first-order valence-corrected chi connectivity index (χ1v) is 5.47. The summed E-state index contributed by atoms with van der Waals surface area (Å²) in [6, 6.07) is 0. The first-order valence-electron chi connectivity index (χ1n) is 5.47. The zero-order valence-electron chi connectivity index (χ0n) is 9.04. The number of hydrogen-bond acceptors (Lipinski definition) is 3. The number of carbonyl (C=O) groups is 1. The Balaban J connectivity index is 1.77. The van der Waals surface area contributed by atoms with E-state index in [1.807, 2.05) is 6.92 Å². The van der Waals surface area contributed by atoms with Crippen LogP contribution in [0.3, 0.4) is 0 Å². The van der Waals surface area contributed by atoms with Gasteiger partial charge < -0.3 is 14.8 Å². The Morgan fingerprint density at radius 3 is 3.00 bits per heavy atom. The molecule has 84 valence electrons. The van der Waals surface area contributed by atoms with E-state index in [-0.39, 0.29) is 12.2 Å². The van der Waals surface area contributed by atoms with Crippen molar-refractivity contribution < 1.29 is 14.3 Å². The Morgan fingerprint density at radius 1 is 1.60 bits per heavy atom. The normalized spacial score (nSPS) is 29.4. The summed E-state index contributed by atoms with van der Waals surface area (Å²) in [5, 5.41) is 2.69. The standard InChI is InChI=1S/C11H17NO3/c1-8(9-6-12-11(9)13)7-15-10-4-2-3-5-14-10/h10H,2-7H2,1H3,(H,12,13). The first-order chi connectivity index (χ1) is 7.27. The minimum absolute atomic E-state index is 0.0423. The summed E-state index contributed by atoms with van der Waals surface area (Å²) in [5.74, 6) is 0.0423. The molecule has 2 heterocycles. The molecule has 0 aromatic carbocycles. The highest BCUT2D eigenvalue weighted by Crippen LogP contribution is 2.16. The molecule has 0 aromatic rings. The fraction of sp³-hybridized carbons (Fsp3) is 0.727. The molecule has 2 aliphatic rings. The van der Waals surface area contributed by atoms with Crippen LogP contribution < -0.4 is 5.32 Å². The van der Waals surface area contributed by atoms with E-state index in [0.29, 0.717) is 13.2 Å². The van der Waals surface area contributed by atoms with Crippen molar-refractivity contribution >= 4 is 5.91 Å². The number of carbonyl (C=O) groups excluding carboxylic acids is 1. The van der Waals surface area contributed by atoms with Crippen molar-refractivity contribution in [3.8, 4) is 0 Å². The zero-order chi connectivity index (χ0) is 10.7. The molecule has 0 aliphatic carbocycles. The van der Waals surface area contributed by atoms with Crippen molar-refractivity contribution in [2.24, 2.45) is 0 Å². The van der Waals surface area contributed by atoms with Gasteiger partial charge in [-0.25, -0.2) is 0 Å². The maximum Gasteiger partial charge on any atom is 0.249 e. The van der Waals surface area contributed by atoms with E-state index in [4.69, 9.17) is 9.47 Å². The van der Waals surface area contributed by atoms with Gasteiger partial charge in [0.2, 0.25) is 5.91 Å². The molecule has 1 unspecified atom stereocenters. The average molecular weight is 211 g/mol. The van der Waals surface area contributed by atoms with Crippen LogP contribution in [0.5, 0.6) is 0 Å². The predicted molar refractivity (Wildman–Crippen MR) is 55.3 cm³/mol. The zero-order valence-corrected chi connectivity index (χ0v) is 9.04. The predicted octanol–water partition coefficient (Wildman–Crippen LogP) is 0.976. The summed E-state index contributed by atoms with van der Waals surface area (Å²) >= 11 is 0. The van der Waals surface area contributed by atoms with Gasteiger partial charge in [-0.15, -0.1) is 0 Å². The van der Waals surface area contributed by atoms with Crippen molar-refractivity contribution in [1.82, 2.24) is 5.32 Å². The van der Waals surface area contributed by atoms with E-state index in [2.05, 4.69) is 5.32 Å². The molecule has 2 rings (SSSR count). The molecule has 0 bridgehead atoms. The minimum Gasteiger partial charge on any atom is -0.353 e. The topological polar surface area (TPSA) is 47.6 Å². The molecule has 0 spiro atoms. The van der Waals surface area contributed by atoms with Crippen LogP contribution >= 0.6 is 0 Å². The van der Waals surface area contributed by atoms with Gasteiger partial charge in [-0.2, -0.15) is 0 Å². The number of amides is 1. The van der Waals surface area contributed by atoms with Crippen LogP contribution in [0.15, 0.2) is 11.1 Å². The van der Waals surface area contributed by atoms with Crippen LogP contribution in [0.1, 0.15) is 26.2 Å². The Bertz CT molecular complexity index is 280. The number of rotatable bonds is 3. The number of ether oxygens (including phenoxy) is 2. The van der Waals surface area contributed by atoms with Crippen LogP contribution in [0, 0.1) is 0 Å². The summed E-state index contributed by atoms with van der Waals surface area (Å²) in [4.78, 5) is 11.1. The molecular weight excluding hydrogens is 194 g/mol. The Kier molecular flexibility index (Phi) is 3.38. The fourth-order valence-electron chi connectivity index (χ4n) is 1.74. The second-order valence-electron chi connectivity index (χ2n) is 4.05. The lowest BCUT2D eigenvalue weighted by Gasteiger charge is -2.25. The van der Waals surface area contributed by atoms with E-state index < -0.39 is 0 Å². The third-order valence-electron chi connectivity index (χ3n) is 2.84. The smallest absolute Gasteiger partial charge is 0.249 e. The Hall–Kier alpha value is -0.870. The number of β-lactam (4-membered cyclic amide) rings is 1. The van der Waals surface area contributed by atoms with E-state index in [1.165, 1.54) is 6.42 Å². The molecule has 0 aromatic heterocycles. The van der Waals surface area contributed by atoms with Crippen LogP contribution in [-0.4, -0.2) is 32.0 Å². The van der Waals surface area contributed by atoms with Gasteiger partial charge in [0.15, 0.2) is 6.29 Å². The van der Waals surface area contributed by atoms with Crippen molar-refractivity contribution in [1.29, 1.82) is 0 Å². The molecule has 1 amide bonds. The molecule has 1 atom stereocenters. The van der Waals surface area contributed by atoms with Gasteiger partial charge in [0, 0.05) is 18.7 Å². The Morgan fingerprint density at radius 2 is 2.47 bits per heavy atom. The average Bonchev–Trinajstić information content (AvgIpc) is 2.26.